The molecule has 0 aliphatic heterocycles. The van der Waals surface area contributed by atoms with Gasteiger partial charge in [0.15, 0.2) is 0 Å². The van der Waals surface area contributed by atoms with E-state index in [1.54, 1.807) is 6.92 Å². The third kappa shape index (κ3) is 4.19. The number of benzene rings is 1. The Morgan fingerprint density at radius 1 is 1.24 bits per heavy atom. The maximum Gasteiger partial charge on any atom is 0.140 e. The highest BCUT2D eigenvalue weighted by Gasteiger charge is 2.24. The first-order valence-electron chi connectivity index (χ1n) is 5.92. The number of aliphatic hydroxyl groups excluding tert-OH is 1. The van der Waals surface area contributed by atoms with E-state index in [1.165, 1.54) is 0 Å². The predicted molar refractivity (Wildman–Crippen MR) is 67.0 cm³/mol. The Morgan fingerprint density at radius 2 is 1.82 bits per heavy atom. The number of para-hydroxylation sites is 1. The second kappa shape index (κ2) is 6.40. The molecule has 0 aromatic heterocycles. The Labute approximate surface area is 102 Å². The van der Waals surface area contributed by atoms with E-state index in [4.69, 9.17) is 4.74 Å². The number of carbonyl (C=O) groups is 1. The fraction of sp³-hybridized carbons (Fsp3) is 0.500. The van der Waals surface area contributed by atoms with Crippen LogP contribution in [0, 0.1) is 11.8 Å². The Kier molecular flexibility index (Phi) is 5.16. The van der Waals surface area contributed by atoms with Crippen molar-refractivity contribution in [3.05, 3.63) is 30.3 Å². The molecule has 0 radical (unpaired) electrons. The Balaban J connectivity index is 2.44. The lowest BCUT2D eigenvalue weighted by Crippen LogP contribution is -2.33. The van der Waals surface area contributed by atoms with Gasteiger partial charge in [-0.05, 0) is 12.1 Å². The van der Waals surface area contributed by atoms with Crippen molar-refractivity contribution >= 4 is 5.78 Å². The second-order valence-corrected chi connectivity index (χ2v) is 4.54. The molecule has 0 aliphatic carbocycles. The van der Waals surface area contributed by atoms with Crippen LogP contribution in [0.25, 0.3) is 0 Å². The summed E-state index contributed by atoms with van der Waals surface area (Å²) in [5, 5.41) is 9.85. The average molecular weight is 236 g/mol. The summed E-state index contributed by atoms with van der Waals surface area (Å²) in [4.78, 5) is 11.7. The van der Waals surface area contributed by atoms with Gasteiger partial charge in [0.2, 0.25) is 0 Å². The van der Waals surface area contributed by atoms with Crippen LogP contribution in [0.3, 0.4) is 0 Å². The molecule has 0 amide bonds. The lowest BCUT2D eigenvalue weighted by atomic mass is 9.92. The molecular formula is C14H20O3. The minimum absolute atomic E-state index is 0.0589. The summed E-state index contributed by atoms with van der Waals surface area (Å²) in [6.07, 6.45) is -0.759. The molecule has 1 rings (SSSR count). The predicted octanol–water partition coefficient (Wildman–Crippen LogP) is 2.29. The van der Waals surface area contributed by atoms with E-state index in [0.717, 1.165) is 0 Å². The smallest absolute Gasteiger partial charge is 0.140 e. The van der Waals surface area contributed by atoms with Crippen LogP contribution in [0.4, 0.5) is 0 Å². The van der Waals surface area contributed by atoms with E-state index < -0.39 is 12.0 Å². The topological polar surface area (TPSA) is 46.5 Å². The van der Waals surface area contributed by atoms with Crippen molar-refractivity contribution < 1.29 is 14.6 Å². The van der Waals surface area contributed by atoms with Gasteiger partial charge in [-0.1, -0.05) is 39.0 Å². The molecule has 3 nitrogen and oxygen atoms in total. The third-order valence-corrected chi connectivity index (χ3v) is 2.76. The molecule has 1 aromatic carbocycles. The van der Waals surface area contributed by atoms with E-state index in [0.29, 0.717) is 5.75 Å². The van der Waals surface area contributed by atoms with Gasteiger partial charge >= 0.3 is 0 Å². The van der Waals surface area contributed by atoms with Gasteiger partial charge in [-0.3, -0.25) is 4.79 Å². The lowest BCUT2D eigenvalue weighted by molar-refractivity contribution is -0.129. The zero-order valence-corrected chi connectivity index (χ0v) is 10.6. The number of hydrogen-bond donors (Lipinski definition) is 1. The van der Waals surface area contributed by atoms with E-state index in [2.05, 4.69) is 0 Å². The van der Waals surface area contributed by atoms with Crippen molar-refractivity contribution in [2.24, 2.45) is 11.8 Å². The molecule has 0 unspecified atom stereocenters. The van der Waals surface area contributed by atoms with Crippen molar-refractivity contribution in [1.82, 2.24) is 0 Å². The van der Waals surface area contributed by atoms with Gasteiger partial charge in [-0.15, -0.1) is 0 Å². The molecule has 94 valence electrons. The van der Waals surface area contributed by atoms with Gasteiger partial charge in [0, 0.05) is 11.8 Å². The van der Waals surface area contributed by atoms with Crippen molar-refractivity contribution in [3.63, 3.8) is 0 Å². The van der Waals surface area contributed by atoms with E-state index >= 15 is 0 Å². The highest BCUT2D eigenvalue weighted by atomic mass is 16.5. The first kappa shape index (κ1) is 13.7. The van der Waals surface area contributed by atoms with Crippen LogP contribution in [0.1, 0.15) is 20.8 Å². The molecule has 0 heterocycles. The van der Waals surface area contributed by atoms with Gasteiger partial charge < -0.3 is 9.84 Å². The highest BCUT2D eigenvalue weighted by Crippen LogP contribution is 2.14. The number of Topliss-reactive ketones (excluding diaryl/α,β-unsaturated/α-hetero) is 1. The number of carbonyl (C=O) groups excluding carboxylic acids is 1. The molecule has 17 heavy (non-hydrogen) atoms. The van der Waals surface area contributed by atoms with Crippen LogP contribution in [-0.2, 0) is 4.79 Å². The summed E-state index contributed by atoms with van der Waals surface area (Å²) in [6.45, 7) is 5.55. The molecule has 0 saturated heterocycles. The van der Waals surface area contributed by atoms with Gasteiger partial charge in [0.05, 0.1) is 6.10 Å². The summed E-state index contributed by atoms with van der Waals surface area (Å²) in [6, 6.07) is 9.27. The monoisotopic (exact) mass is 236 g/mol. The minimum Gasteiger partial charge on any atom is -0.491 e. The Morgan fingerprint density at radius 3 is 2.35 bits per heavy atom. The van der Waals surface area contributed by atoms with Crippen LogP contribution < -0.4 is 4.74 Å². The molecule has 0 bridgehead atoms. The van der Waals surface area contributed by atoms with Crippen molar-refractivity contribution in [2.45, 2.75) is 26.9 Å². The van der Waals surface area contributed by atoms with Crippen LogP contribution in [0.15, 0.2) is 30.3 Å². The molecule has 2 atom stereocenters. The maximum atomic E-state index is 11.7. The minimum atomic E-state index is -0.759. The molecular weight excluding hydrogens is 216 g/mol. The summed E-state index contributed by atoms with van der Waals surface area (Å²) < 4.78 is 5.42. The SMILES string of the molecule is CC(C)C(=O)[C@@H](C)[C@@H](O)COc1ccccc1. The van der Waals surface area contributed by atoms with Gasteiger partial charge in [0.25, 0.3) is 0 Å². The number of ether oxygens (including phenoxy) is 1. The normalized spacial score (nSPS) is 14.4. The lowest BCUT2D eigenvalue weighted by Gasteiger charge is -2.19. The average Bonchev–Trinajstić information content (AvgIpc) is 2.35. The molecule has 0 fully saturated rings. The molecule has 0 spiro atoms. The maximum absolute atomic E-state index is 11.7. The number of ketones is 1. The highest BCUT2D eigenvalue weighted by molar-refractivity contribution is 5.82. The first-order valence-corrected chi connectivity index (χ1v) is 5.92. The molecule has 0 saturated carbocycles. The molecule has 3 heteroatoms. The largest absolute Gasteiger partial charge is 0.491 e. The van der Waals surface area contributed by atoms with Crippen LogP contribution >= 0.6 is 0 Å². The van der Waals surface area contributed by atoms with E-state index in [1.807, 2.05) is 44.2 Å². The zero-order chi connectivity index (χ0) is 12.8. The van der Waals surface area contributed by atoms with Gasteiger partial charge in [0.1, 0.15) is 18.1 Å². The zero-order valence-electron chi connectivity index (χ0n) is 10.6. The fourth-order valence-electron chi connectivity index (χ4n) is 1.56. The molecule has 0 aliphatic rings. The van der Waals surface area contributed by atoms with Crippen molar-refractivity contribution in [1.29, 1.82) is 0 Å². The van der Waals surface area contributed by atoms with E-state index in [9.17, 15) is 9.90 Å². The fourth-order valence-corrected chi connectivity index (χ4v) is 1.56. The number of hydrogen-bond acceptors (Lipinski definition) is 3. The van der Waals surface area contributed by atoms with Gasteiger partial charge in [-0.25, -0.2) is 0 Å². The number of rotatable bonds is 6. The van der Waals surface area contributed by atoms with Crippen molar-refractivity contribution in [2.75, 3.05) is 6.61 Å². The summed E-state index contributed by atoms with van der Waals surface area (Å²) in [5.41, 5.74) is 0. The summed E-state index contributed by atoms with van der Waals surface area (Å²) in [5.74, 6) is 0.319. The Hall–Kier alpha value is -1.35. The quantitative estimate of drug-likeness (QED) is 0.824. The standard InChI is InChI=1S/C14H20O3/c1-10(2)14(16)11(3)13(15)9-17-12-7-5-4-6-8-12/h4-8,10-11,13,15H,9H2,1-3H3/t11-,13-/m0/s1. The Bertz CT molecular complexity index is 346. The third-order valence-electron chi connectivity index (χ3n) is 2.76. The van der Waals surface area contributed by atoms with Crippen LogP contribution in [-0.4, -0.2) is 23.6 Å². The first-order chi connectivity index (χ1) is 8.02. The van der Waals surface area contributed by atoms with Crippen molar-refractivity contribution in [3.8, 4) is 5.75 Å². The van der Waals surface area contributed by atoms with Crippen LogP contribution in [0.5, 0.6) is 5.75 Å². The molecule has 1 N–H and O–H groups in total. The van der Waals surface area contributed by atoms with E-state index in [-0.39, 0.29) is 18.3 Å². The second-order valence-electron chi connectivity index (χ2n) is 4.54. The van der Waals surface area contributed by atoms with Crippen LogP contribution in [0.2, 0.25) is 0 Å². The molecule has 1 aromatic rings. The number of aliphatic hydroxyl groups is 1. The van der Waals surface area contributed by atoms with Gasteiger partial charge in [-0.2, -0.15) is 0 Å². The summed E-state index contributed by atoms with van der Waals surface area (Å²) in [7, 11) is 0. The summed E-state index contributed by atoms with van der Waals surface area (Å²) >= 11 is 0.